The molecule has 3 N–H and O–H groups in total. The van der Waals surface area contributed by atoms with Crippen molar-refractivity contribution in [3.63, 3.8) is 0 Å². The molecule has 1 aliphatic rings. The summed E-state index contributed by atoms with van der Waals surface area (Å²) in [4.78, 5) is 44.3. The number of aliphatic hydroxyl groups is 1. The number of hydroxylamine groups is 1. The molecule has 2 unspecified atom stereocenters. The highest BCUT2D eigenvalue weighted by Crippen LogP contribution is 2.40. The van der Waals surface area contributed by atoms with Crippen LogP contribution in [0.15, 0.2) is 60.0 Å². The predicted octanol–water partition coefficient (Wildman–Crippen LogP) is 3.03. The third kappa shape index (κ3) is 4.34. The molecule has 1 aromatic carbocycles. The number of carbonyl (C=O) groups excluding carboxylic acids is 3. The fourth-order valence-corrected chi connectivity index (χ4v) is 3.73. The van der Waals surface area contributed by atoms with Crippen molar-refractivity contribution in [2.75, 3.05) is 0 Å². The first-order valence-corrected chi connectivity index (χ1v) is 10.1. The first-order valence-electron chi connectivity index (χ1n) is 10.1. The highest BCUT2D eigenvalue weighted by atomic mass is 16.5. The van der Waals surface area contributed by atoms with Gasteiger partial charge in [0.05, 0.1) is 11.3 Å². The van der Waals surface area contributed by atoms with E-state index in [0.717, 1.165) is 16.9 Å². The lowest BCUT2D eigenvalue weighted by Gasteiger charge is -2.32. The number of amides is 2. The van der Waals surface area contributed by atoms with Crippen molar-refractivity contribution in [1.29, 1.82) is 0 Å². The SMILES string of the molecule is CCCCC(C(=O)NO)N1C(=O)C(O)=C(C(=O)c2ccc(C)cc2)C1c1ccccn1. The lowest BCUT2D eigenvalue weighted by molar-refractivity contribution is -0.144. The minimum atomic E-state index is -1.09. The predicted molar refractivity (Wildman–Crippen MR) is 112 cm³/mol. The molecule has 1 aromatic heterocycles. The smallest absolute Gasteiger partial charge is 0.290 e. The van der Waals surface area contributed by atoms with Crippen molar-refractivity contribution in [2.45, 2.75) is 45.2 Å². The maximum Gasteiger partial charge on any atom is 0.290 e. The van der Waals surface area contributed by atoms with E-state index in [-0.39, 0.29) is 12.0 Å². The number of pyridine rings is 1. The summed E-state index contributed by atoms with van der Waals surface area (Å²) >= 11 is 0. The van der Waals surface area contributed by atoms with Gasteiger partial charge in [0, 0.05) is 11.8 Å². The van der Waals surface area contributed by atoms with Crippen molar-refractivity contribution in [3.8, 4) is 0 Å². The van der Waals surface area contributed by atoms with Gasteiger partial charge in [-0.1, -0.05) is 55.7 Å². The van der Waals surface area contributed by atoms with Crippen LogP contribution in [0.5, 0.6) is 0 Å². The molecular formula is C23H25N3O5. The molecule has 8 nitrogen and oxygen atoms in total. The largest absolute Gasteiger partial charge is 0.503 e. The first kappa shape index (κ1) is 22.2. The number of Topliss-reactive ketones (excluding diaryl/α,β-unsaturated/α-hetero) is 1. The summed E-state index contributed by atoms with van der Waals surface area (Å²) in [7, 11) is 0. The van der Waals surface area contributed by atoms with Crippen LogP contribution in [0.4, 0.5) is 0 Å². The van der Waals surface area contributed by atoms with E-state index in [1.165, 1.54) is 6.20 Å². The van der Waals surface area contributed by atoms with Gasteiger partial charge in [-0.2, -0.15) is 0 Å². The van der Waals surface area contributed by atoms with Gasteiger partial charge in [0.15, 0.2) is 11.5 Å². The van der Waals surface area contributed by atoms with Gasteiger partial charge < -0.3 is 10.0 Å². The fraction of sp³-hybridized carbons (Fsp3) is 0.304. The Kier molecular flexibility index (Phi) is 6.81. The molecule has 0 saturated carbocycles. The van der Waals surface area contributed by atoms with Crippen LogP contribution in [0.3, 0.4) is 0 Å². The number of nitrogens with one attached hydrogen (secondary N) is 1. The zero-order chi connectivity index (χ0) is 22.5. The molecule has 2 heterocycles. The van der Waals surface area contributed by atoms with Crippen LogP contribution in [0.25, 0.3) is 0 Å². The molecule has 8 heteroatoms. The number of aryl methyl sites for hydroxylation is 1. The normalized spacial score (nSPS) is 17.1. The number of nitrogens with zero attached hydrogens (tertiary/aromatic N) is 2. The molecule has 1 aliphatic heterocycles. The summed E-state index contributed by atoms with van der Waals surface area (Å²) in [6, 6.07) is 9.62. The van der Waals surface area contributed by atoms with Crippen LogP contribution in [0.2, 0.25) is 0 Å². The number of carbonyl (C=O) groups is 3. The molecule has 162 valence electrons. The van der Waals surface area contributed by atoms with Gasteiger partial charge in [-0.3, -0.25) is 24.6 Å². The molecule has 0 fully saturated rings. The number of aromatic nitrogens is 1. The summed E-state index contributed by atoms with van der Waals surface area (Å²) < 4.78 is 0. The van der Waals surface area contributed by atoms with Crippen LogP contribution in [-0.2, 0) is 9.59 Å². The zero-order valence-corrected chi connectivity index (χ0v) is 17.4. The van der Waals surface area contributed by atoms with Crippen LogP contribution in [0.1, 0.15) is 53.8 Å². The topological polar surface area (TPSA) is 120 Å². The minimum absolute atomic E-state index is 0.139. The first-order chi connectivity index (χ1) is 14.9. The molecule has 3 rings (SSSR count). The van der Waals surface area contributed by atoms with Gasteiger partial charge in [0.1, 0.15) is 12.1 Å². The molecular weight excluding hydrogens is 398 g/mol. The lowest BCUT2D eigenvalue weighted by Crippen LogP contribution is -2.49. The summed E-state index contributed by atoms with van der Waals surface area (Å²) in [5.74, 6) is -2.88. The third-order valence-electron chi connectivity index (χ3n) is 5.35. The lowest BCUT2D eigenvalue weighted by atomic mass is 9.94. The Morgan fingerprint density at radius 3 is 2.48 bits per heavy atom. The second-order valence-electron chi connectivity index (χ2n) is 7.46. The quantitative estimate of drug-likeness (QED) is 0.341. The number of benzene rings is 1. The van der Waals surface area contributed by atoms with E-state index in [4.69, 9.17) is 0 Å². The van der Waals surface area contributed by atoms with Crippen LogP contribution >= 0.6 is 0 Å². The van der Waals surface area contributed by atoms with E-state index < -0.39 is 35.4 Å². The summed E-state index contributed by atoms with van der Waals surface area (Å²) in [5, 5.41) is 20.0. The van der Waals surface area contributed by atoms with E-state index in [0.29, 0.717) is 17.7 Å². The number of hydrogen-bond donors (Lipinski definition) is 3. The summed E-state index contributed by atoms with van der Waals surface area (Å²) in [6.45, 7) is 3.81. The highest BCUT2D eigenvalue weighted by molar-refractivity contribution is 6.16. The van der Waals surface area contributed by atoms with E-state index in [2.05, 4.69) is 4.98 Å². The van der Waals surface area contributed by atoms with E-state index in [1.54, 1.807) is 47.9 Å². The van der Waals surface area contributed by atoms with Gasteiger partial charge in [0.25, 0.3) is 11.8 Å². The Labute approximate surface area is 180 Å². The van der Waals surface area contributed by atoms with E-state index in [1.807, 2.05) is 13.8 Å². The molecule has 0 aliphatic carbocycles. The average Bonchev–Trinajstić information content (AvgIpc) is 3.05. The van der Waals surface area contributed by atoms with Crippen molar-refractivity contribution >= 4 is 17.6 Å². The minimum Gasteiger partial charge on any atom is -0.503 e. The van der Waals surface area contributed by atoms with Crippen LogP contribution in [0, 0.1) is 6.92 Å². The fourth-order valence-electron chi connectivity index (χ4n) is 3.73. The number of unbranched alkanes of at least 4 members (excludes halogenated alkanes) is 1. The number of ketones is 1. The van der Waals surface area contributed by atoms with E-state index in [9.17, 15) is 24.7 Å². The number of aliphatic hydroxyl groups excluding tert-OH is 1. The molecule has 0 bridgehead atoms. The second kappa shape index (κ2) is 9.53. The number of rotatable bonds is 8. The molecule has 2 amide bonds. The van der Waals surface area contributed by atoms with Gasteiger partial charge in [0.2, 0.25) is 0 Å². The van der Waals surface area contributed by atoms with Crippen LogP contribution in [-0.4, -0.2) is 43.8 Å². The van der Waals surface area contributed by atoms with Crippen molar-refractivity contribution in [2.24, 2.45) is 0 Å². The summed E-state index contributed by atoms with van der Waals surface area (Å²) in [5.41, 5.74) is 3.06. The maximum atomic E-state index is 13.3. The molecule has 0 saturated heterocycles. The second-order valence-corrected chi connectivity index (χ2v) is 7.46. The summed E-state index contributed by atoms with van der Waals surface area (Å²) in [6.07, 6.45) is 3.10. The van der Waals surface area contributed by atoms with Crippen LogP contribution < -0.4 is 5.48 Å². The van der Waals surface area contributed by atoms with E-state index >= 15 is 0 Å². The molecule has 0 spiro atoms. The van der Waals surface area contributed by atoms with Crippen molar-refractivity contribution < 1.29 is 24.7 Å². The Morgan fingerprint density at radius 2 is 1.90 bits per heavy atom. The molecule has 2 atom stereocenters. The number of hydrogen-bond acceptors (Lipinski definition) is 6. The standard InChI is InChI=1S/C23H25N3O5/c1-3-4-8-17(22(29)25-31)26-19(16-7-5-6-13-24-16)18(21(28)23(26)30)20(27)15-11-9-14(2)10-12-15/h5-7,9-13,17,19,28,31H,3-4,8H2,1-2H3,(H,25,29). The van der Waals surface area contributed by atoms with Gasteiger partial charge in [-0.25, -0.2) is 5.48 Å². The van der Waals surface area contributed by atoms with Gasteiger partial charge >= 0.3 is 0 Å². The zero-order valence-electron chi connectivity index (χ0n) is 17.4. The molecule has 2 aromatic rings. The molecule has 31 heavy (non-hydrogen) atoms. The highest BCUT2D eigenvalue weighted by Gasteiger charge is 2.48. The van der Waals surface area contributed by atoms with Crippen molar-refractivity contribution in [3.05, 3.63) is 76.8 Å². The van der Waals surface area contributed by atoms with Gasteiger partial charge in [-0.15, -0.1) is 0 Å². The average molecular weight is 423 g/mol. The van der Waals surface area contributed by atoms with Gasteiger partial charge in [-0.05, 0) is 25.5 Å². The third-order valence-corrected chi connectivity index (χ3v) is 5.35. The Hall–Kier alpha value is -3.52. The van der Waals surface area contributed by atoms with Crippen molar-refractivity contribution in [1.82, 2.24) is 15.4 Å². The monoisotopic (exact) mass is 423 g/mol. The Balaban J connectivity index is 2.13. The Bertz CT molecular complexity index is 1000. The maximum absolute atomic E-state index is 13.3. The Morgan fingerprint density at radius 1 is 1.19 bits per heavy atom. The molecule has 0 radical (unpaired) electrons.